The van der Waals surface area contributed by atoms with E-state index in [4.69, 9.17) is 15.0 Å². The van der Waals surface area contributed by atoms with Crippen molar-refractivity contribution >= 4 is 43.6 Å². The van der Waals surface area contributed by atoms with Gasteiger partial charge in [-0.05, 0) is 96.8 Å². The Morgan fingerprint density at radius 1 is 0.297 bits per heavy atom. The zero-order chi connectivity index (χ0) is 42.7. The van der Waals surface area contributed by atoms with Gasteiger partial charge in [0.2, 0.25) is 0 Å². The molecule has 5 heteroatoms. The van der Waals surface area contributed by atoms with E-state index in [1.54, 1.807) is 0 Å². The predicted molar refractivity (Wildman–Crippen MR) is 265 cm³/mol. The molecule has 0 unspecified atom stereocenters. The molecule has 5 nitrogen and oxygen atoms in total. The first-order chi connectivity index (χ1) is 31.5. The molecule has 0 radical (unpaired) electrons. The second kappa shape index (κ2) is 15.2. The van der Waals surface area contributed by atoms with Crippen LogP contribution in [0.5, 0.6) is 0 Å². The lowest BCUT2D eigenvalue weighted by Gasteiger charge is -2.11. The quantitative estimate of drug-likeness (QED) is 0.161. The smallest absolute Gasteiger partial charge is 0.164 e. The van der Waals surface area contributed by atoms with E-state index < -0.39 is 0 Å². The molecule has 302 valence electrons. The van der Waals surface area contributed by atoms with Crippen molar-refractivity contribution in [1.29, 1.82) is 0 Å². The summed E-state index contributed by atoms with van der Waals surface area (Å²) < 4.78 is 4.77. The third kappa shape index (κ3) is 6.37. The lowest BCUT2D eigenvalue weighted by molar-refractivity contribution is 1.07. The van der Waals surface area contributed by atoms with E-state index in [1.807, 2.05) is 0 Å². The van der Waals surface area contributed by atoms with Gasteiger partial charge >= 0.3 is 0 Å². The molecule has 0 amide bonds. The third-order valence-electron chi connectivity index (χ3n) is 12.5. The number of hydrogen-bond donors (Lipinski definition) is 0. The first-order valence-corrected chi connectivity index (χ1v) is 21.8. The van der Waals surface area contributed by atoms with E-state index in [0.717, 1.165) is 44.7 Å². The maximum Gasteiger partial charge on any atom is 0.164 e. The minimum atomic E-state index is 0.641. The number of nitrogens with zero attached hydrogens (tertiary/aromatic N) is 5. The van der Waals surface area contributed by atoms with E-state index in [0.29, 0.717) is 17.5 Å². The minimum absolute atomic E-state index is 0.641. The summed E-state index contributed by atoms with van der Waals surface area (Å²) in [6.07, 6.45) is 0. The molecule has 0 N–H and O–H groups in total. The molecule has 0 aliphatic carbocycles. The van der Waals surface area contributed by atoms with Gasteiger partial charge in [0, 0.05) is 49.6 Å². The summed E-state index contributed by atoms with van der Waals surface area (Å²) in [6.45, 7) is 4.18. The van der Waals surface area contributed by atoms with Crippen LogP contribution in [-0.2, 0) is 0 Å². The molecule has 0 aliphatic rings. The van der Waals surface area contributed by atoms with Crippen molar-refractivity contribution in [3.63, 3.8) is 0 Å². The summed E-state index contributed by atoms with van der Waals surface area (Å²) in [5.41, 5.74) is 16.9. The first kappa shape index (κ1) is 37.4. The molecule has 0 saturated heterocycles. The van der Waals surface area contributed by atoms with Crippen LogP contribution in [-0.4, -0.2) is 24.1 Å². The summed E-state index contributed by atoms with van der Waals surface area (Å²) in [5, 5.41) is 4.92. The Morgan fingerprint density at radius 2 is 0.766 bits per heavy atom. The number of aromatic nitrogens is 5. The molecule has 12 rings (SSSR count). The molecule has 0 fully saturated rings. The summed E-state index contributed by atoms with van der Waals surface area (Å²) in [4.78, 5) is 15.1. The maximum atomic E-state index is 5.05. The minimum Gasteiger partial charge on any atom is -0.309 e. The average Bonchev–Trinajstić information content (AvgIpc) is 3.87. The normalized spacial score (nSPS) is 11.6. The van der Waals surface area contributed by atoms with Gasteiger partial charge in [0.15, 0.2) is 17.5 Å². The second-order valence-electron chi connectivity index (χ2n) is 16.6. The molecule has 0 aliphatic heterocycles. The summed E-state index contributed by atoms with van der Waals surface area (Å²) >= 11 is 0. The second-order valence-corrected chi connectivity index (χ2v) is 16.6. The summed E-state index contributed by atoms with van der Waals surface area (Å²) in [5.74, 6) is 1.95. The molecular weight excluding hydrogens is 779 g/mol. The monoisotopic (exact) mass is 819 g/mol. The van der Waals surface area contributed by atoms with Crippen LogP contribution >= 0.6 is 0 Å². The highest BCUT2D eigenvalue weighted by molar-refractivity contribution is 6.16. The van der Waals surface area contributed by atoms with Gasteiger partial charge in [0.05, 0.1) is 22.1 Å². The Labute approximate surface area is 371 Å². The number of aryl methyl sites for hydroxylation is 2. The Morgan fingerprint density at radius 3 is 1.45 bits per heavy atom. The fraction of sp³-hybridized carbons (Fsp3) is 0.0339. The molecular formula is C59H41N5. The number of fused-ring (bicyclic) bond motifs is 6. The van der Waals surface area contributed by atoms with E-state index >= 15 is 0 Å². The molecule has 12 aromatic rings. The number of benzene rings is 9. The maximum absolute atomic E-state index is 5.05. The van der Waals surface area contributed by atoms with E-state index in [1.165, 1.54) is 60.3 Å². The molecule has 64 heavy (non-hydrogen) atoms. The van der Waals surface area contributed by atoms with Crippen LogP contribution in [0.15, 0.2) is 212 Å². The lowest BCUT2D eigenvalue weighted by Crippen LogP contribution is -2.00. The summed E-state index contributed by atoms with van der Waals surface area (Å²) in [6, 6.07) is 75.9. The summed E-state index contributed by atoms with van der Waals surface area (Å²) in [7, 11) is 0. The van der Waals surface area contributed by atoms with E-state index in [-0.39, 0.29) is 0 Å². The third-order valence-corrected chi connectivity index (χ3v) is 12.5. The Bertz CT molecular complexity index is 3650. The molecule has 9 aromatic carbocycles. The van der Waals surface area contributed by atoms with Crippen LogP contribution in [0.3, 0.4) is 0 Å². The van der Waals surface area contributed by atoms with Crippen molar-refractivity contribution in [2.75, 3.05) is 0 Å². The molecule has 0 atom stereocenters. The molecule has 0 spiro atoms. The Hall–Kier alpha value is -8.41. The van der Waals surface area contributed by atoms with Crippen molar-refractivity contribution in [2.24, 2.45) is 0 Å². The molecule has 3 heterocycles. The van der Waals surface area contributed by atoms with Gasteiger partial charge in [0.1, 0.15) is 0 Å². The van der Waals surface area contributed by atoms with Crippen LogP contribution in [0.2, 0.25) is 0 Å². The SMILES string of the molecule is Cc1ccc(-c2nc(-c3ccc(C)cc3)nc(-c3cccc(-c4ccc5c(c4)c4ccccc4n5-c4ccc(-c5cccc6c5c5ccccc5n6-c5ccccc5)cc4)c3)n2)cc1. The van der Waals surface area contributed by atoms with Gasteiger partial charge in [-0.3, -0.25) is 0 Å². The fourth-order valence-electron chi connectivity index (χ4n) is 9.34. The van der Waals surface area contributed by atoms with Crippen molar-refractivity contribution < 1.29 is 0 Å². The zero-order valence-corrected chi connectivity index (χ0v) is 35.4. The lowest BCUT2D eigenvalue weighted by atomic mass is 9.99. The largest absolute Gasteiger partial charge is 0.309 e. The van der Waals surface area contributed by atoms with Gasteiger partial charge in [-0.2, -0.15) is 0 Å². The number of rotatable bonds is 7. The van der Waals surface area contributed by atoms with Gasteiger partial charge in [0.25, 0.3) is 0 Å². The van der Waals surface area contributed by atoms with Crippen LogP contribution in [0.1, 0.15) is 11.1 Å². The number of hydrogen-bond acceptors (Lipinski definition) is 3. The van der Waals surface area contributed by atoms with Crippen molar-refractivity contribution in [1.82, 2.24) is 24.1 Å². The Kier molecular flexibility index (Phi) is 8.87. The topological polar surface area (TPSA) is 48.5 Å². The van der Waals surface area contributed by atoms with Gasteiger partial charge in [-0.1, -0.05) is 163 Å². The standard InChI is InChI=1S/C59H41N5/c1-38-22-26-41(27-23-38)57-60-58(42-28-24-39(2)25-29-42)62-59(61-57)45-13-10-12-43(36-45)44-32-35-54-51(37-44)49-16-6-8-19-52(49)63(54)47-33-30-40(31-34-47)48-18-11-21-55-56(48)50-17-7-9-20-53(50)64(55)46-14-4-3-5-15-46/h3-37H,1-2H3. The number of para-hydroxylation sites is 3. The zero-order valence-electron chi connectivity index (χ0n) is 35.4. The van der Waals surface area contributed by atoms with Crippen molar-refractivity contribution in [3.05, 3.63) is 223 Å². The van der Waals surface area contributed by atoms with Crippen molar-refractivity contribution in [3.8, 4) is 67.8 Å². The first-order valence-electron chi connectivity index (χ1n) is 21.8. The predicted octanol–water partition coefficient (Wildman–Crippen LogP) is 15.0. The molecule has 0 bridgehead atoms. The molecule has 0 saturated carbocycles. The van der Waals surface area contributed by atoms with Crippen LogP contribution < -0.4 is 0 Å². The van der Waals surface area contributed by atoms with Crippen LogP contribution in [0.4, 0.5) is 0 Å². The highest BCUT2D eigenvalue weighted by Crippen LogP contribution is 2.40. The Balaban J connectivity index is 0.934. The average molecular weight is 820 g/mol. The van der Waals surface area contributed by atoms with E-state index in [2.05, 4.69) is 235 Å². The fourth-order valence-corrected chi connectivity index (χ4v) is 9.34. The highest BCUT2D eigenvalue weighted by Gasteiger charge is 2.18. The van der Waals surface area contributed by atoms with Gasteiger partial charge in [-0.25, -0.2) is 15.0 Å². The van der Waals surface area contributed by atoms with Crippen LogP contribution in [0.25, 0.3) is 111 Å². The molecule has 3 aromatic heterocycles. The van der Waals surface area contributed by atoms with E-state index in [9.17, 15) is 0 Å². The van der Waals surface area contributed by atoms with Crippen LogP contribution in [0, 0.1) is 13.8 Å². The van der Waals surface area contributed by atoms with Gasteiger partial charge in [-0.15, -0.1) is 0 Å². The van der Waals surface area contributed by atoms with Gasteiger partial charge < -0.3 is 9.13 Å². The van der Waals surface area contributed by atoms with Crippen molar-refractivity contribution in [2.45, 2.75) is 13.8 Å². The highest BCUT2D eigenvalue weighted by atomic mass is 15.0.